The Balaban J connectivity index is 2.42. The van der Waals surface area contributed by atoms with Crippen LogP contribution in [0.25, 0.3) is 10.8 Å². The summed E-state index contributed by atoms with van der Waals surface area (Å²) in [6.07, 6.45) is 0. The molecule has 0 bridgehead atoms. The molecule has 0 atom stereocenters. The second-order valence-corrected chi connectivity index (χ2v) is 3.68. The smallest absolute Gasteiger partial charge is 0.223 e. The van der Waals surface area contributed by atoms with Crippen molar-refractivity contribution in [2.45, 2.75) is 0 Å². The van der Waals surface area contributed by atoms with Gasteiger partial charge in [-0.25, -0.2) is 9.38 Å². The summed E-state index contributed by atoms with van der Waals surface area (Å²) in [6, 6.07) is 9.72. The number of benzene rings is 2. The summed E-state index contributed by atoms with van der Waals surface area (Å²) in [5.41, 5.74) is 16.5. The van der Waals surface area contributed by atoms with Gasteiger partial charge in [0.1, 0.15) is 5.82 Å². The topological polar surface area (TPSA) is 103 Å². The standard InChI is InChI=1S/C12H12FN5/c13-9-3-1-8-6-10(4-2-7(8)5-9)17-12(16)18-11(14)15/h1-6H,(H6,14,15,16,17,18). The van der Waals surface area contributed by atoms with Gasteiger partial charge in [0.05, 0.1) is 5.69 Å². The number of nitrogens with zero attached hydrogens (tertiary/aromatic N) is 2. The molecule has 6 N–H and O–H groups in total. The molecule has 0 amide bonds. The third-order valence-electron chi connectivity index (χ3n) is 2.27. The summed E-state index contributed by atoms with van der Waals surface area (Å²) in [7, 11) is 0. The van der Waals surface area contributed by atoms with Gasteiger partial charge in [-0.2, -0.15) is 4.99 Å². The Kier molecular flexibility index (Phi) is 3.09. The molecule has 0 aliphatic carbocycles. The van der Waals surface area contributed by atoms with Crippen molar-refractivity contribution in [3.63, 3.8) is 0 Å². The minimum Gasteiger partial charge on any atom is -0.370 e. The molecule has 0 unspecified atom stereocenters. The van der Waals surface area contributed by atoms with E-state index in [0.717, 1.165) is 10.8 Å². The lowest BCUT2D eigenvalue weighted by Crippen LogP contribution is -2.26. The zero-order valence-corrected chi connectivity index (χ0v) is 9.47. The second kappa shape index (κ2) is 4.70. The molecule has 0 saturated heterocycles. The lowest BCUT2D eigenvalue weighted by molar-refractivity contribution is 0.630. The van der Waals surface area contributed by atoms with Crippen LogP contribution in [-0.2, 0) is 0 Å². The summed E-state index contributed by atoms with van der Waals surface area (Å²) < 4.78 is 13.0. The van der Waals surface area contributed by atoms with E-state index in [4.69, 9.17) is 17.2 Å². The highest BCUT2D eigenvalue weighted by Gasteiger charge is 1.98. The fourth-order valence-corrected chi connectivity index (χ4v) is 1.56. The molecule has 2 aromatic rings. The van der Waals surface area contributed by atoms with E-state index in [2.05, 4.69) is 9.98 Å². The maximum Gasteiger partial charge on any atom is 0.223 e. The van der Waals surface area contributed by atoms with Crippen LogP contribution in [0, 0.1) is 5.82 Å². The number of fused-ring (bicyclic) bond motifs is 1. The van der Waals surface area contributed by atoms with Crippen molar-refractivity contribution in [3.8, 4) is 0 Å². The van der Waals surface area contributed by atoms with Gasteiger partial charge in [0.15, 0.2) is 5.96 Å². The van der Waals surface area contributed by atoms with Crippen molar-refractivity contribution in [1.82, 2.24) is 0 Å². The highest BCUT2D eigenvalue weighted by Crippen LogP contribution is 2.22. The average Bonchev–Trinajstić information content (AvgIpc) is 2.28. The molecule has 5 nitrogen and oxygen atoms in total. The van der Waals surface area contributed by atoms with E-state index in [1.165, 1.54) is 12.1 Å². The van der Waals surface area contributed by atoms with Crippen LogP contribution in [0.4, 0.5) is 10.1 Å². The van der Waals surface area contributed by atoms with Crippen molar-refractivity contribution < 1.29 is 4.39 Å². The van der Waals surface area contributed by atoms with Crippen LogP contribution in [0.1, 0.15) is 0 Å². The Hall–Kier alpha value is -2.63. The summed E-state index contributed by atoms with van der Waals surface area (Å²) in [4.78, 5) is 7.63. The highest BCUT2D eigenvalue weighted by atomic mass is 19.1. The predicted molar refractivity (Wildman–Crippen MR) is 71.0 cm³/mol. The van der Waals surface area contributed by atoms with Gasteiger partial charge in [0.25, 0.3) is 0 Å². The SMILES string of the molecule is NC(N)=NC(N)=Nc1ccc2cc(F)ccc2c1. The van der Waals surface area contributed by atoms with Crippen LogP contribution < -0.4 is 17.2 Å². The quantitative estimate of drug-likeness (QED) is 0.519. The van der Waals surface area contributed by atoms with E-state index in [-0.39, 0.29) is 17.7 Å². The summed E-state index contributed by atoms with van der Waals surface area (Å²) in [5, 5.41) is 1.64. The van der Waals surface area contributed by atoms with Crippen molar-refractivity contribution in [1.29, 1.82) is 0 Å². The molecule has 0 aromatic heterocycles. The summed E-state index contributed by atoms with van der Waals surface area (Å²) in [5.74, 6) is -0.464. The maximum atomic E-state index is 13.0. The minimum atomic E-state index is -0.279. The van der Waals surface area contributed by atoms with Crippen LogP contribution in [0.15, 0.2) is 46.4 Å². The van der Waals surface area contributed by atoms with Gasteiger partial charge in [-0.3, -0.25) is 0 Å². The van der Waals surface area contributed by atoms with Crippen LogP contribution in [0.2, 0.25) is 0 Å². The van der Waals surface area contributed by atoms with Crippen molar-refractivity contribution >= 4 is 28.4 Å². The Bertz CT molecular complexity index is 644. The van der Waals surface area contributed by atoms with Crippen molar-refractivity contribution in [2.75, 3.05) is 0 Å². The maximum absolute atomic E-state index is 13.0. The monoisotopic (exact) mass is 245 g/mol. The molecule has 18 heavy (non-hydrogen) atoms. The Labute approximate surface area is 103 Å². The summed E-state index contributed by atoms with van der Waals surface area (Å²) in [6.45, 7) is 0. The van der Waals surface area contributed by atoms with Gasteiger partial charge in [-0.15, -0.1) is 0 Å². The normalized spacial score (nSPS) is 11.5. The van der Waals surface area contributed by atoms with E-state index >= 15 is 0 Å². The molecule has 0 heterocycles. The molecule has 0 saturated carbocycles. The van der Waals surface area contributed by atoms with Gasteiger partial charge < -0.3 is 17.2 Å². The van der Waals surface area contributed by atoms with Gasteiger partial charge in [0, 0.05) is 0 Å². The van der Waals surface area contributed by atoms with E-state index < -0.39 is 0 Å². The average molecular weight is 245 g/mol. The molecule has 0 aliphatic heterocycles. The molecule has 0 aliphatic rings. The number of rotatable bonds is 1. The van der Waals surface area contributed by atoms with E-state index in [0.29, 0.717) is 5.69 Å². The van der Waals surface area contributed by atoms with Gasteiger partial charge >= 0.3 is 0 Å². The third kappa shape index (κ3) is 2.73. The predicted octanol–water partition coefficient (Wildman–Crippen LogP) is 1.20. The van der Waals surface area contributed by atoms with Crippen LogP contribution >= 0.6 is 0 Å². The lowest BCUT2D eigenvalue weighted by Gasteiger charge is -2.00. The molecule has 6 heteroatoms. The fourth-order valence-electron chi connectivity index (χ4n) is 1.56. The van der Waals surface area contributed by atoms with E-state index in [9.17, 15) is 4.39 Å². The van der Waals surface area contributed by atoms with Gasteiger partial charge in [0.2, 0.25) is 5.96 Å². The molecule has 0 fully saturated rings. The number of halogens is 1. The molecule has 92 valence electrons. The number of hydrogen-bond acceptors (Lipinski definition) is 1. The number of guanidine groups is 2. The molecule has 2 aromatic carbocycles. The van der Waals surface area contributed by atoms with E-state index in [1.54, 1.807) is 24.3 Å². The number of hydrogen-bond donors (Lipinski definition) is 3. The van der Waals surface area contributed by atoms with Gasteiger partial charge in [-0.05, 0) is 35.0 Å². The Morgan fingerprint density at radius 3 is 2.33 bits per heavy atom. The van der Waals surface area contributed by atoms with Crippen LogP contribution in [0.3, 0.4) is 0 Å². The van der Waals surface area contributed by atoms with Crippen molar-refractivity contribution in [2.24, 2.45) is 27.2 Å². The molecule has 0 spiro atoms. The lowest BCUT2D eigenvalue weighted by atomic mass is 10.1. The zero-order valence-electron chi connectivity index (χ0n) is 9.47. The first kappa shape index (κ1) is 11.8. The first-order valence-electron chi connectivity index (χ1n) is 5.18. The molecular weight excluding hydrogens is 233 g/mol. The van der Waals surface area contributed by atoms with Crippen molar-refractivity contribution in [3.05, 3.63) is 42.2 Å². The third-order valence-corrected chi connectivity index (χ3v) is 2.27. The Morgan fingerprint density at radius 2 is 1.61 bits per heavy atom. The second-order valence-electron chi connectivity index (χ2n) is 3.68. The highest BCUT2D eigenvalue weighted by molar-refractivity contribution is 5.94. The number of nitrogens with two attached hydrogens (primary N) is 3. The first-order valence-corrected chi connectivity index (χ1v) is 5.18. The molecule has 0 radical (unpaired) electrons. The minimum absolute atomic E-state index is 0.0311. The van der Waals surface area contributed by atoms with Crippen LogP contribution in [0.5, 0.6) is 0 Å². The zero-order chi connectivity index (χ0) is 13.1. The van der Waals surface area contributed by atoms with Crippen LogP contribution in [-0.4, -0.2) is 11.9 Å². The summed E-state index contributed by atoms with van der Waals surface area (Å²) >= 11 is 0. The first-order chi connectivity index (χ1) is 8.54. The number of aliphatic imine (C=N–C) groups is 2. The van der Waals surface area contributed by atoms with Gasteiger partial charge in [-0.1, -0.05) is 12.1 Å². The fraction of sp³-hybridized carbons (Fsp3) is 0. The molecule has 2 rings (SSSR count). The van der Waals surface area contributed by atoms with E-state index in [1.807, 2.05) is 0 Å². The largest absolute Gasteiger partial charge is 0.370 e. The Morgan fingerprint density at radius 1 is 0.944 bits per heavy atom. The molecular formula is C12H12FN5.